The molecule has 0 aromatic carbocycles. The zero-order valence-electron chi connectivity index (χ0n) is 6.78. The van der Waals surface area contributed by atoms with Gasteiger partial charge in [-0.25, -0.2) is 0 Å². The number of hydrogen-bond acceptors (Lipinski definition) is 3. The molecule has 0 amide bonds. The fraction of sp³-hybridized carbons (Fsp3) is 0.444. The maximum atomic E-state index is 11.4. The van der Waals surface area contributed by atoms with Crippen LogP contribution in [0.4, 0.5) is 0 Å². The van der Waals surface area contributed by atoms with Crippen LogP contribution in [-0.2, 0) is 4.79 Å². The van der Waals surface area contributed by atoms with Gasteiger partial charge in [0.15, 0.2) is 5.78 Å². The van der Waals surface area contributed by atoms with E-state index >= 15 is 0 Å². The summed E-state index contributed by atoms with van der Waals surface area (Å²) in [6, 6.07) is 0. The first kappa shape index (κ1) is 7.40. The molecule has 0 radical (unpaired) electrons. The Kier molecular flexibility index (Phi) is 1.46. The fourth-order valence-corrected chi connectivity index (χ4v) is 1.91. The van der Waals surface area contributed by atoms with Gasteiger partial charge in [0.05, 0.1) is 5.70 Å². The Morgan fingerprint density at radius 1 is 1.42 bits per heavy atom. The Labute approximate surface area is 70.1 Å². The number of ketones is 1. The average molecular weight is 163 g/mol. The first-order valence-corrected chi connectivity index (χ1v) is 4.00. The van der Waals surface area contributed by atoms with Crippen molar-refractivity contribution in [1.29, 1.82) is 0 Å². The number of carbonyl (C=O) groups excluding carboxylic acids is 1. The van der Waals surface area contributed by atoms with Gasteiger partial charge in [-0.1, -0.05) is 12.2 Å². The van der Waals surface area contributed by atoms with Gasteiger partial charge in [0.2, 0.25) is 0 Å². The van der Waals surface area contributed by atoms with E-state index in [1.807, 2.05) is 12.2 Å². The van der Waals surface area contributed by atoms with Gasteiger partial charge >= 0.3 is 0 Å². The van der Waals surface area contributed by atoms with Gasteiger partial charge < -0.3 is 0 Å². The van der Waals surface area contributed by atoms with E-state index in [9.17, 15) is 9.70 Å². The number of fused-ring (bicyclic) bond motifs is 2. The largest absolute Gasteiger partial charge is 0.294 e. The molecular weight excluding hydrogens is 154 g/mol. The summed E-state index contributed by atoms with van der Waals surface area (Å²) in [6.45, 7) is 1.69. The van der Waals surface area contributed by atoms with Gasteiger partial charge in [-0.15, -0.1) is 4.91 Å². The SMILES string of the molecule is CC1=C(N=O)C2C=CC(C2)C1=O. The number of carbonyl (C=O) groups is 1. The molecule has 3 heteroatoms. The van der Waals surface area contributed by atoms with Crippen LogP contribution >= 0.6 is 0 Å². The molecule has 0 aromatic heterocycles. The first-order valence-electron chi connectivity index (χ1n) is 4.00. The van der Waals surface area contributed by atoms with Crippen molar-refractivity contribution < 1.29 is 4.79 Å². The third-order valence-corrected chi connectivity index (χ3v) is 2.62. The van der Waals surface area contributed by atoms with Crippen molar-refractivity contribution in [2.75, 3.05) is 0 Å². The van der Waals surface area contributed by atoms with Crippen molar-refractivity contribution >= 4 is 5.78 Å². The first-order chi connectivity index (χ1) is 5.74. The molecule has 0 spiro atoms. The Balaban J connectivity index is 2.51. The summed E-state index contributed by atoms with van der Waals surface area (Å²) < 4.78 is 0. The Bertz CT molecular complexity index is 314. The fourth-order valence-electron chi connectivity index (χ4n) is 1.91. The average Bonchev–Trinajstić information content (AvgIpc) is 2.49. The molecular formula is C9H9NO2. The van der Waals surface area contributed by atoms with Crippen LogP contribution < -0.4 is 0 Å². The number of allylic oxidation sites excluding steroid dienone is 3. The Hall–Kier alpha value is -1.25. The number of rotatable bonds is 1. The van der Waals surface area contributed by atoms with Crippen molar-refractivity contribution in [2.24, 2.45) is 17.0 Å². The molecule has 2 rings (SSSR count). The zero-order valence-corrected chi connectivity index (χ0v) is 6.78. The smallest absolute Gasteiger partial charge is 0.167 e. The van der Waals surface area contributed by atoms with E-state index < -0.39 is 0 Å². The van der Waals surface area contributed by atoms with Crippen molar-refractivity contribution in [3.8, 4) is 0 Å². The van der Waals surface area contributed by atoms with E-state index in [0.717, 1.165) is 6.42 Å². The van der Waals surface area contributed by atoms with Crippen LogP contribution in [0.25, 0.3) is 0 Å². The van der Waals surface area contributed by atoms with Crippen molar-refractivity contribution in [1.82, 2.24) is 0 Å². The molecule has 0 aromatic rings. The number of Topliss-reactive ketones (excluding diaryl/α,β-unsaturated/α-hetero) is 1. The molecule has 0 saturated carbocycles. The van der Waals surface area contributed by atoms with Gasteiger partial charge in [0.1, 0.15) is 0 Å². The van der Waals surface area contributed by atoms with Crippen LogP contribution in [0.5, 0.6) is 0 Å². The van der Waals surface area contributed by atoms with Gasteiger partial charge in [-0.3, -0.25) is 4.79 Å². The molecule has 2 aliphatic carbocycles. The summed E-state index contributed by atoms with van der Waals surface area (Å²) in [5.41, 5.74) is 0.987. The zero-order chi connectivity index (χ0) is 8.72. The van der Waals surface area contributed by atoms with Crippen LogP contribution in [0, 0.1) is 16.7 Å². The third-order valence-electron chi connectivity index (χ3n) is 2.62. The van der Waals surface area contributed by atoms with Gasteiger partial charge in [0.25, 0.3) is 0 Å². The molecule has 2 bridgehead atoms. The monoisotopic (exact) mass is 163 g/mol. The molecule has 2 atom stereocenters. The number of nitroso groups, excluding NO2 is 1. The van der Waals surface area contributed by atoms with E-state index in [0.29, 0.717) is 11.3 Å². The highest BCUT2D eigenvalue weighted by Crippen LogP contribution is 2.38. The minimum absolute atomic E-state index is 0.0144. The highest BCUT2D eigenvalue weighted by Gasteiger charge is 2.35. The van der Waals surface area contributed by atoms with Crippen LogP contribution in [-0.4, -0.2) is 5.78 Å². The molecule has 0 N–H and O–H groups in total. The predicted molar refractivity (Wildman–Crippen MR) is 44.2 cm³/mol. The third kappa shape index (κ3) is 0.793. The van der Waals surface area contributed by atoms with Crippen molar-refractivity contribution in [2.45, 2.75) is 13.3 Å². The topological polar surface area (TPSA) is 46.5 Å². The minimum Gasteiger partial charge on any atom is -0.294 e. The number of nitrogens with zero attached hydrogens (tertiary/aromatic N) is 1. The highest BCUT2D eigenvalue weighted by atomic mass is 16.3. The molecule has 2 aliphatic rings. The summed E-state index contributed by atoms with van der Waals surface area (Å²) in [6.07, 6.45) is 4.54. The van der Waals surface area contributed by atoms with E-state index in [4.69, 9.17) is 0 Å². The van der Waals surface area contributed by atoms with Gasteiger partial charge in [-0.05, 0) is 18.5 Å². The molecule has 12 heavy (non-hydrogen) atoms. The molecule has 0 fully saturated rings. The lowest BCUT2D eigenvalue weighted by atomic mass is 9.85. The van der Waals surface area contributed by atoms with Crippen LogP contribution in [0.3, 0.4) is 0 Å². The summed E-state index contributed by atoms with van der Waals surface area (Å²) >= 11 is 0. The Morgan fingerprint density at radius 2 is 2.08 bits per heavy atom. The molecule has 0 heterocycles. The molecule has 2 unspecified atom stereocenters. The summed E-state index contributed by atoms with van der Waals surface area (Å²) in [5.74, 6) is 0.181. The second-order valence-electron chi connectivity index (χ2n) is 3.30. The van der Waals surface area contributed by atoms with E-state index in [-0.39, 0.29) is 17.6 Å². The lowest BCUT2D eigenvalue weighted by molar-refractivity contribution is -0.118. The quantitative estimate of drug-likeness (QED) is 0.437. The maximum absolute atomic E-state index is 11.4. The predicted octanol–water partition coefficient (Wildman–Crippen LogP) is 1.80. The maximum Gasteiger partial charge on any atom is 0.167 e. The summed E-state index contributed by atoms with van der Waals surface area (Å²) in [4.78, 5) is 21.9. The van der Waals surface area contributed by atoms with Crippen LogP contribution in [0.15, 0.2) is 28.6 Å². The second-order valence-corrected chi connectivity index (χ2v) is 3.30. The Morgan fingerprint density at radius 3 is 2.75 bits per heavy atom. The highest BCUT2D eigenvalue weighted by molar-refractivity contribution is 6.00. The molecule has 0 aliphatic heterocycles. The second kappa shape index (κ2) is 2.37. The summed E-state index contributed by atoms with van der Waals surface area (Å²) in [7, 11) is 0. The molecule has 62 valence electrons. The van der Waals surface area contributed by atoms with Gasteiger partial charge in [0, 0.05) is 17.4 Å². The molecule has 0 saturated heterocycles. The van der Waals surface area contributed by atoms with E-state index in [2.05, 4.69) is 5.18 Å². The van der Waals surface area contributed by atoms with Crippen molar-refractivity contribution in [3.63, 3.8) is 0 Å². The standard InChI is InChI=1S/C9H9NO2/c1-5-8(10-12)6-2-3-7(4-6)9(5)11/h2-3,6-7H,4H2,1H3. The van der Waals surface area contributed by atoms with E-state index in [1.54, 1.807) is 6.92 Å². The van der Waals surface area contributed by atoms with Crippen molar-refractivity contribution in [3.05, 3.63) is 28.3 Å². The van der Waals surface area contributed by atoms with Crippen LogP contribution in [0.2, 0.25) is 0 Å². The van der Waals surface area contributed by atoms with E-state index in [1.165, 1.54) is 0 Å². The minimum atomic E-state index is 0.0144. The summed E-state index contributed by atoms with van der Waals surface area (Å²) in [5, 5.41) is 2.92. The normalized spacial score (nSPS) is 32.9. The lowest BCUT2D eigenvalue weighted by Crippen LogP contribution is -2.20. The van der Waals surface area contributed by atoms with Gasteiger partial charge in [-0.2, -0.15) is 0 Å². The number of hydrogen-bond donors (Lipinski definition) is 0. The van der Waals surface area contributed by atoms with Crippen LogP contribution in [0.1, 0.15) is 13.3 Å². The molecule has 3 nitrogen and oxygen atoms in total. The lowest BCUT2D eigenvalue weighted by Gasteiger charge is -2.18.